The number of nitrogens with zero attached hydrogens (tertiary/aromatic N) is 2. The number of ether oxygens (including phenoxy) is 1. The highest BCUT2D eigenvalue weighted by Gasteiger charge is 2.64. The maximum Gasteiger partial charge on any atom is 0.357 e. The second-order valence-corrected chi connectivity index (χ2v) is 5.44. The predicted molar refractivity (Wildman–Crippen MR) is 81.0 cm³/mol. The second kappa shape index (κ2) is 5.04. The van der Waals surface area contributed by atoms with E-state index in [1.165, 1.54) is 7.11 Å². The van der Waals surface area contributed by atoms with Crippen molar-refractivity contribution in [3.05, 3.63) is 29.8 Å². The first kappa shape index (κ1) is 14.4. The lowest BCUT2D eigenvalue weighted by Crippen LogP contribution is -2.71. The lowest BCUT2D eigenvalue weighted by molar-refractivity contribution is -0.161. The Morgan fingerprint density at radius 3 is 2.73 bits per heavy atom. The zero-order valence-electron chi connectivity index (χ0n) is 12.5. The van der Waals surface area contributed by atoms with Crippen molar-refractivity contribution in [1.29, 1.82) is 0 Å². The van der Waals surface area contributed by atoms with E-state index in [4.69, 9.17) is 11.2 Å². The molecule has 2 bridgehead atoms. The van der Waals surface area contributed by atoms with Gasteiger partial charge in [-0.3, -0.25) is 9.69 Å². The number of nitrogens with one attached hydrogen (secondary N) is 1. The third kappa shape index (κ3) is 1.72. The summed E-state index contributed by atoms with van der Waals surface area (Å²) in [5, 5.41) is 2.80. The standard InChI is InChI=1S/C16H17N3O3/c1-4-11-5-7-12(8-6-11)19-10-13-9-17-14(20)16(19,18(13)2)15(21)22-3/h1,5-8,13H,9-10H2,2-3H3,(H,17,20)/t13-,16+/m1/s1. The van der Waals surface area contributed by atoms with Crippen molar-refractivity contribution in [2.75, 3.05) is 32.1 Å². The number of hydrogen-bond donors (Lipinski definition) is 1. The van der Waals surface area contributed by atoms with E-state index in [1.54, 1.807) is 29.0 Å². The number of fused-ring (bicyclic) bond motifs is 2. The van der Waals surface area contributed by atoms with Gasteiger partial charge in [-0.1, -0.05) is 5.92 Å². The topological polar surface area (TPSA) is 61.9 Å². The van der Waals surface area contributed by atoms with E-state index < -0.39 is 11.6 Å². The summed E-state index contributed by atoms with van der Waals surface area (Å²) in [6, 6.07) is 7.27. The normalized spacial score (nSPS) is 27.2. The first-order chi connectivity index (χ1) is 10.6. The Kier molecular flexibility index (Phi) is 3.30. The number of rotatable bonds is 2. The first-order valence-corrected chi connectivity index (χ1v) is 6.99. The average molecular weight is 299 g/mol. The van der Waals surface area contributed by atoms with Gasteiger partial charge in [-0.05, 0) is 31.3 Å². The summed E-state index contributed by atoms with van der Waals surface area (Å²) in [6.45, 7) is 1.06. The predicted octanol–water partition coefficient (Wildman–Crippen LogP) is -0.213. The molecule has 0 aliphatic carbocycles. The Hall–Kier alpha value is -2.52. The SMILES string of the molecule is C#Cc1ccc(N2C[C@H]3CNC(=O)[C@]2(C(=O)OC)N3C)cc1. The third-order valence-electron chi connectivity index (χ3n) is 4.47. The van der Waals surface area contributed by atoms with Crippen LogP contribution >= 0.6 is 0 Å². The van der Waals surface area contributed by atoms with E-state index in [9.17, 15) is 9.59 Å². The number of anilines is 1. The maximum absolute atomic E-state index is 12.6. The largest absolute Gasteiger partial charge is 0.466 e. The zero-order valence-corrected chi connectivity index (χ0v) is 12.5. The molecule has 1 N–H and O–H groups in total. The lowest BCUT2D eigenvalue weighted by atomic mass is 10.0. The monoisotopic (exact) mass is 299 g/mol. The molecule has 1 aromatic carbocycles. The quantitative estimate of drug-likeness (QED) is 0.465. The summed E-state index contributed by atoms with van der Waals surface area (Å²) < 4.78 is 4.93. The van der Waals surface area contributed by atoms with E-state index in [0.717, 1.165) is 11.3 Å². The fourth-order valence-corrected chi connectivity index (χ4v) is 3.26. The Morgan fingerprint density at radius 2 is 2.14 bits per heavy atom. The number of methoxy groups -OCH3 is 1. The van der Waals surface area contributed by atoms with Gasteiger partial charge >= 0.3 is 5.97 Å². The molecule has 0 spiro atoms. The van der Waals surface area contributed by atoms with Crippen LogP contribution in [0.3, 0.4) is 0 Å². The molecule has 1 aromatic rings. The van der Waals surface area contributed by atoms with Gasteiger partial charge in [-0.2, -0.15) is 0 Å². The molecule has 2 atom stereocenters. The van der Waals surface area contributed by atoms with Crippen LogP contribution in [0.1, 0.15) is 5.56 Å². The molecule has 1 amide bonds. The van der Waals surface area contributed by atoms with Crippen molar-refractivity contribution in [1.82, 2.24) is 10.2 Å². The molecule has 2 aliphatic rings. The van der Waals surface area contributed by atoms with Crippen LogP contribution in [0.5, 0.6) is 0 Å². The zero-order chi connectivity index (χ0) is 15.9. The van der Waals surface area contributed by atoms with E-state index in [2.05, 4.69) is 11.2 Å². The van der Waals surface area contributed by atoms with E-state index >= 15 is 0 Å². The molecule has 6 nitrogen and oxygen atoms in total. The van der Waals surface area contributed by atoms with Crippen molar-refractivity contribution >= 4 is 17.6 Å². The van der Waals surface area contributed by atoms with Gasteiger partial charge in [0.15, 0.2) is 0 Å². The number of carbonyl (C=O) groups excluding carboxylic acids is 2. The highest BCUT2D eigenvalue weighted by molar-refractivity contribution is 6.11. The highest BCUT2D eigenvalue weighted by atomic mass is 16.5. The van der Waals surface area contributed by atoms with Gasteiger partial charge in [0.05, 0.1) is 7.11 Å². The van der Waals surface area contributed by atoms with Crippen molar-refractivity contribution in [3.8, 4) is 12.3 Å². The summed E-state index contributed by atoms with van der Waals surface area (Å²) in [5.74, 6) is 1.60. The van der Waals surface area contributed by atoms with Gasteiger partial charge in [0.25, 0.3) is 11.6 Å². The van der Waals surface area contributed by atoms with E-state index in [1.807, 2.05) is 12.1 Å². The third-order valence-corrected chi connectivity index (χ3v) is 4.47. The first-order valence-electron chi connectivity index (χ1n) is 6.99. The molecule has 114 valence electrons. The fourth-order valence-electron chi connectivity index (χ4n) is 3.26. The lowest BCUT2D eigenvalue weighted by Gasteiger charge is -2.41. The molecule has 0 radical (unpaired) electrons. The van der Waals surface area contributed by atoms with Crippen LogP contribution in [0.4, 0.5) is 5.69 Å². The average Bonchev–Trinajstić information content (AvgIpc) is 2.75. The number of amides is 1. The van der Waals surface area contributed by atoms with Crippen molar-refractivity contribution < 1.29 is 14.3 Å². The van der Waals surface area contributed by atoms with Crippen LogP contribution in [0, 0.1) is 12.3 Å². The van der Waals surface area contributed by atoms with Crippen LogP contribution in [0.15, 0.2) is 24.3 Å². The number of benzene rings is 1. The van der Waals surface area contributed by atoms with E-state index in [0.29, 0.717) is 13.1 Å². The number of likely N-dealkylation sites (N-methyl/N-ethyl adjacent to an activating group) is 1. The minimum Gasteiger partial charge on any atom is -0.466 e. The van der Waals surface area contributed by atoms with E-state index in [-0.39, 0.29) is 11.9 Å². The Bertz CT molecular complexity index is 654. The molecule has 2 fully saturated rings. The second-order valence-electron chi connectivity index (χ2n) is 5.44. The molecule has 0 unspecified atom stereocenters. The van der Waals surface area contributed by atoms with Crippen LogP contribution in [-0.4, -0.2) is 55.7 Å². The van der Waals surface area contributed by atoms with Crippen molar-refractivity contribution in [2.45, 2.75) is 11.7 Å². The summed E-state index contributed by atoms with van der Waals surface area (Å²) in [7, 11) is 3.07. The van der Waals surface area contributed by atoms with Gasteiger partial charge in [-0.15, -0.1) is 6.42 Å². The van der Waals surface area contributed by atoms with Gasteiger partial charge in [0.2, 0.25) is 0 Å². The summed E-state index contributed by atoms with van der Waals surface area (Å²) >= 11 is 0. The van der Waals surface area contributed by atoms with Crippen LogP contribution < -0.4 is 10.2 Å². The molecule has 2 aliphatic heterocycles. The molecule has 22 heavy (non-hydrogen) atoms. The number of esters is 1. The smallest absolute Gasteiger partial charge is 0.357 e. The summed E-state index contributed by atoms with van der Waals surface area (Å²) in [6.07, 6.45) is 5.37. The van der Waals surface area contributed by atoms with Gasteiger partial charge < -0.3 is 15.0 Å². The molecule has 0 aromatic heterocycles. The summed E-state index contributed by atoms with van der Waals surface area (Å²) in [4.78, 5) is 28.6. The van der Waals surface area contributed by atoms with Crippen LogP contribution in [0.25, 0.3) is 0 Å². The molecule has 2 heterocycles. The molecule has 3 rings (SSSR count). The minimum atomic E-state index is -1.46. The molecular formula is C16H17N3O3. The van der Waals surface area contributed by atoms with Crippen molar-refractivity contribution in [3.63, 3.8) is 0 Å². The number of terminal acetylenes is 1. The molecule has 6 heteroatoms. The van der Waals surface area contributed by atoms with Crippen LogP contribution in [0.2, 0.25) is 0 Å². The highest BCUT2D eigenvalue weighted by Crippen LogP contribution is 2.37. The van der Waals surface area contributed by atoms with Crippen molar-refractivity contribution in [2.24, 2.45) is 0 Å². The minimum absolute atomic E-state index is 0.0455. The molecule has 2 saturated heterocycles. The van der Waals surface area contributed by atoms with Gasteiger partial charge in [-0.25, -0.2) is 4.79 Å². The maximum atomic E-state index is 12.6. The van der Waals surface area contributed by atoms with Gasteiger partial charge in [0.1, 0.15) is 0 Å². The van der Waals surface area contributed by atoms with Gasteiger partial charge in [0, 0.05) is 30.4 Å². The Balaban J connectivity index is 2.11. The Labute approximate surface area is 129 Å². The number of hydrogen-bond acceptors (Lipinski definition) is 5. The number of carbonyl (C=O) groups is 2. The molecular weight excluding hydrogens is 282 g/mol. The summed E-state index contributed by atoms with van der Waals surface area (Å²) in [5.41, 5.74) is 0.0432. The molecule has 0 saturated carbocycles. The fraction of sp³-hybridized carbons (Fsp3) is 0.375. The Morgan fingerprint density at radius 1 is 1.45 bits per heavy atom. The van der Waals surface area contributed by atoms with Crippen LogP contribution in [-0.2, 0) is 14.3 Å². The number of piperazine rings is 1.